The van der Waals surface area contributed by atoms with E-state index in [0.29, 0.717) is 0 Å². The van der Waals surface area contributed by atoms with Gasteiger partial charge in [-0.1, -0.05) is 0 Å². The third-order valence-electron chi connectivity index (χ3n) is 1.13. The van der Waals surface area contributed by atoms with Gasteiger partial charge in [0.1, 0.15) is 0 Å². The van der Waals surface area contributed by atoms with Gasteiger partial charge in [0.25, 0.3) is 0 Å². The minimum atomic E-state index is 0.0972. The monoisotopic (exact) mass is 87.1 g/mol. The Morgan fingerprint density at radius 1 is 2.00 bits per heavy atom. The van der Waals surface area contributed by atoms with Crippen molar-refractivity contribution in [2.75, 3.05) is 13.2 Å². The van der Waals surface area contributed by atoms with Crippen molar-refractivity contribution in [3.63, 3.8) is 0 Å². The maximum absolute atomic E-state index is 8.40. The zero-order valence-corrected chi connectivity index (χ0v) is 3.86. The van der Waals surface area contributed by atoms with Gasteiger partial charge in [0.15, 0.2) is 0 Å². The lowest BCUT2D eigenvalue weighted by Gasteiger charge is -1.94. The summed E-state index contributed by atoms with van der Waals surface area (Å²) < 4.78 is 0. The van der Waals surface area contributed by atoms with Crippen molar-refractivity contribution in [2.45, 2.75) is 12.5 Å². The molecule has 0 amide bonds. The highest BCUT2D eigenvalue weighted by Gasteiger charge is 2.34. The number of hydrogen-bond acceptors (Lipinski definition) is 2. The molecule has 0 radical (unpaired) electrons. The molecule has 6 heavy (non-hydrogen) atoms. The van der Waals surface area contributed by atoms with Gasteiger partial charge in [0, 0.05) is 6.54 Å². The van der Waals surface area contributed by atoms with E-state index in [1.54, 1.807) is 0 Å². The molecule has 2 heteroatoms. The predicted octanol–water partition coefficient (Wildman–Crippen LogP) is -0.659. The van der Waals surface area contributed by atoms with Gasteiger partial charge in [-0.05, 0) is 6.92 Å². The highest BCUT2D eigenvalue weighted by atomic mass is 16.3. The lowest BCUT2D eigenvalue weighted by atomic mass is 10.2. The Morgan fingerprint density at radius 3 is 2.50 bits per heavy atom. The van der Waals surface area contributed by atoms with Crippen molar-refractivity contribution in [2.24, 2.45) is 0 Å². The summed E-state index contributed by atoms with van der Waals surface area (Å²) in [5.41, 5.74) is 0.0972. The minimum absolute atomic E-state index is 0.0972. The van der Waals surface area contributed by atoms with E-state index in [-0.39, 0.29) is 12.1 Å². The Morgan fingerprint density at radius 2 is 2.50 bits per heavy atom. The zero-order valence-electron chi connectivity index (χ0n) is 3.86. The van der Waals surface area contributed by atoms with Gasteiger partial charge in [-0.25, -0.2) is 0 Å². The van der Waals surface area contributed by atoms with Crippen molar-refractivity contribution < 1.29 is 5.11 Å². The number of aliphatic hydroxyl groups is 1. The van der Waals surface area contributed by atoms with Crippen LogP contribution in [0.4, 0.5) is 0 Å². The normalized spacial score (nSPS) is 43.0. The maximum atomic E-state index is 8.40. The largest absolute Gasteiger partial charge is 0.394 e. The number of rotatable bonds is 1. The average Bonchev–Trinajstić information content (AvgIpc) is 2.22. The fourth-order valence-corrected chi connectivity index (χ4v) is 0.263. The molecule has 0 saturated carbocycles. The fraction of sp³-hybridized carbons (Fsp3) is 1.00. The fourth-order valence-electron chi connectivity index (χ4n) is 0.263. The Kier molecular flexibility index (Phi) is 0.648. The third-order valence-corrected chi connectivity index (χ3v) is 1.13. The first kappa shape index (κ1) is 4.09. The smallest absolute Gasteiger partial charge is 0.0623 e. The molecular formula is C4H9NO. The summed E-state index contributed by atoms with van der Waals surface area (Å²) in [4.78, 5) is 0. The van der Waals surface area contributed by atoms with Crippen LogP contribution in [0.5, 0.6) is 0 Å². The van der Waals surface area contributed by atoms with E-state index in [2.05, 4.69) is 5.32 Å². The summed E-state index contributed by atoms with van der Waals surface area (Å²) in [5, 5.41) is 11.4. The third kappa shape index (κ3) is 0.533. The van der Waals surface area contributed by atoms with Crippen LogP contribution in [0, 0.1) is 0 Å². The van der Waals surface area contributed by atoms with E-state index in [0.717, 1.165) is 6.54 Å². The van der Waals surface area contributed by atoms with Crippen molar-refractivity contribution in [1.82, 2.24) is 5.32 Å². The molecule has 1 rings (SSSR count). The van der Waals surface area contributed by atoms with Crippen LogP contribution in [0.1, 0.15) is 6.92 Å². The van der Waals surface area contributed by atoms with Crippen LogP contribution in [-0.4, -0.2) is 23.8 Å². The van der Waals surface area contributed by atoms with E-state index in [4.69, 9.17) is 5.11 Å². The van der Waals surface area contributed by atoms with Crippen molar-refractivity contribution in [3.8, 4) is 0 Å². The van der Waals surface area contributed by atoms with E-state index in [1.807, 2.05) is 6.92 Å². The summed E-state index contributed by atoms with van der Waals surface area (Å²) in [6.45, 7) is 3.24. The number of aliphatic hydroxyl groups excluding tert-OH is 1. The van der Waals surface area contributed by atoms with Crippen LogP contribution in [0.3, 0.4) is 0 Å². The van der Waals surface area contributed by atoms with Crippen LogP contribution in [0.15, 0.2) is 0 Å². The first-order valence-electron chi connectivity index (χ1n) is 2.13. The summed E-state index contributed by atoms with van der Waals surface area (Å²) in [5.74, 6) is 0. The van der Waals surface area contributed by atoms with Gasteiger partial charge in [0.2, 0.25) is 0 Å². The molecule has 1 heterocycles. The molecule has 1 saturated heterocycles. The molecule has 0 bridgehead atoms. The predicted molar refractivity (Wildman–Crippen MR) is 23.5 cm³/mol. The second kappa shape index (κ2) is 0.950. The summed E-state index contributed by atoms with van der Waals surface area (Å²) in [6.07, 6.45) is 0. The Hall–Kier alpha value is -0.0800. The quantitative estimate of drug-likeness (QED) is 0.417. The molecule has 2 nitrogen and oxygen atoms in total. The van der Waals surface area contributed by atoms with Crippen molar-refractivity contribution in [1.29, 1.82) is 0 Å². The Balaban J connectivity index is 2.28. The Labute approximate surface area is 37.2 Å². The van der Waals surface area contributed by atoms with E-state index in [9.17, 15) is 0 Å². The van der Waals surface area contributed by atoms with Crippen LogP contribution in [0.2, 0.25) is 0 Å². The molecule has 1 fully saturated rings. The molecule has 36 valence electrons. The molecule has 1 aliphatic heterocycles. The first-order valence-corrected chi connectivity index (χ1v) is 2.13. The Bertz CT molecular complexity index is 58.6. The molecule has 0 aliphatic carbocycles. The molecule has 0 aromatic heterocycles. The van der Waals surface area contributed by atoms with Gasteiger partial charge >= 0.3 is 0 Å². The van der Waals surface area contributed by atoms with Crippen molar-refractivity contribution >= 4 is 0 Å². The highest BCUT2D eigenvalue weighted by Crippen LogP contribution is 2.12. The van der Waals surface area contributed by atoms with E-state index < -0.39 is 0 Å². The maximum Gasteiger partial charge on any atom is 0.0623 e. The molecule has 0 aromatic carbocycles. The van der Waals surface area contributed by atoms with E-state index in [1.165, 1.54) is 0 Å². The molecule has 1 atom stereocenters. The lowest BCUT2D eigenvalue weighted by Crippen LogP contribution is -2.14. The summed E-state index contributed by atoms with van der Waals surface area (Å²) in [6, 6.07) is 0. The molecule has 2 N–H and O–H groups in total. The van der Waals surface area contributed by atoms with Crippen LogP contribution < -0.4 is 5.32 Å². The standard InChI is InChI=1S/C4H9NO/c1-4(3-6)2-5-4/h5-6H,2-3H2,1H3. The van der Waals surface area contributed by atoms with Gasteiger partial charge in [-0.3, -0.25) is 0 Å². The van der Waals surface area contributed by atoms with Gasteiger partial charge in [0.05, 0.1) is 12.1 Å². The van der Waals surface area contributed by atoms with Gasteiger partial charge < -0.3 is 10.4 Å². The van der Waals surface area contributed by atoms with Crippen LogP contribution >= 0.6 is 0 Å². The molecule has 0 aromatic rings. The van der Waals surface area contributed by atoms with Crippen LogP contribution in [0.25, 0.3) is 0 Å². The minimum Gasteiger partial charge on any atom is -0.394 e. The molecular weight excluding hydrogens is 78.1 g/mol. The second-order valence-corrected chi connectivity index (χ2v) is 2.07. The van der Waals surface area contributed by atoms with Crippen LogP contribution in [-0.2, 0) is 0 Å². The van der Waals surface area contributed by atoms with Gasteiger partial charge in [-0.15, -0.1) is 0 Å². The van der Waals surface area contributed by atoms with E-state index >= 15 is 0 Å². The average molecular weight is 87.1 g/mol. The molecule has 0 spiro atoms. The first-order chi connectivity index (χ1) is 2.77. The number of nitrogens with one attached hydrogen (secondary N) is 1. The molecule has 1 aliphatic rings. The lowest BCUT2D eigenvalue weighted by molar-refractivity contribution is 0.260. The summed E-state index contributed by atoms with van der Waals surface area (Å²) >= 11 is 0. The summed E-state index contributed by atoms with van der Waals surface area (Å²) in [7, 11) is 0. The SMILES string of the molecule is CC1(CO)CN1. The highest BCUT2D eigenvalue weighted by molar-refractivity contribution is 4.98. The topological polar surface area (TPSA) is 42.2 Å². The number of hydrogen-bond donors (Lipinski definition) is 2. The zero-order chi connectivity index (χ0) is 4.62. The van der Waals surface area contributed by atoms with Crippen molar-refractivity contribution in [3.05, 3.63) is 0 Å². The second-order valence-electron chi connectivity index (χ2n) is 2.07. The van der Waals surface area contributed by atoms with Gasteiger partial charge in [-0.2, -0.15) is 0 Å². The molecule has 1 unspecified atom stereocenters.